The molecule has 1 fully saturated rings. The molecule has 0 saturated carbocycles. The Labute approximate surface area is 112 Å². The van der Waals surface area contributed by atoms with Crippen molar-refractivity contribution in [2.45, 2.75) is 52.5 Å². The van der Waals surface area contributed by atoms with Crippen molar-refractivity contribution in [3.8, 4) is 0 Å². The maximum atomic E-state index is 12.1. The fourth-order valence-corrected chi connectivity index (χ4v) is 2.21. The molecular formula is C13H27ClN2O. The number of amides is 1. The van der Waals surface area contributed by atoms with Gasteiger partial charge in [0.05, 0.1) is 0 Å². The molecule has 0 radical (unpaired) electrons. The van der Waals surface area contributed by atoms with E-state index in [1.54, 1.807) is 0 Å². The minimum atomic E-state index is 0. The lowest BCUT2D eigenvalue weighted by Gasteiger charge is -2.28. The lowest BCUT2D eigenvalue weighted by Crippen LogP contribution is -2.42. The highest BCUT2D eigenvalue weighted by atomic mass is 35.5. The first-order chi connectivity index (χ1) is 7.65. The molecule has 17 heavy (non-hydrogen) atoms. The second-order valence-corrected chi connectivity index (χ2v) is 5.17. The summed E-state index contributed by atoms with van der Waals surface area (Å²) in [6.07, 6.45) is 3.91. The van der Waals surface area contributed by atoms with E-state index in [2.05, 4.69) is 31.0 Å². The Hall–Kier alpha value is -0.280. The highest BCUT2D eigenvalue weighted by Gasteiger charge is 2.25. The molecule has 1 atom stereocenters. The fourth-order valence-electron chi connectivity index (χ4n) is 2.21. The number of nitrogens with zero attached hydrogens (tertiary/aromatic N) is 1. The molecule has 1 N–H and O–H groups in total. The molecule has 4 heteroatoms. The van der Waals surface area contributed by atoms with Crippen molar-refractivity contribution in [3.63, 3.8) is 0 Å². The molecule has 3 nitrogen and oxygen atoms in total. The molecule has 1 rings (SSSR count). The minimum absolute atomic E-state index is 0. The van der Waals surface area contributed by atoms with Gasteiger partial charge in [0.25, 0.3) is 0 Å². The third-order valence-electron chi connectivity index (χ3n) is 3.20. The summed E-state index contributed by atoms with van der Waals surface area (Å²) >= 11 is 0. The van der Waals surface area contributed by atoms with Gasteiger partial charge in [-0.1, -0.05) is 20.8 Å². The molecule has 0 aromatic carbocycles. The Kier molecular flexibility index (Phi) is 8.61. The normalized spacial score (nSPS) is 19.2. The summed E-state index contributed by atoms with van der Waals surface area (Å²) in [5.41, 5.74) is 0. The Morgan fingerprint density at radius 2 is 2.18 bits per heavy atom. The second-order valence-electron chi connectivity index (χ2n) is 5.17. The standard InChI is InChI=1S/C13H26N2O.ClH/c1-4-9-15(12-7-8-14-10-12)13(16)6-5-11(2)3;/h11-12,14H,4-10H2,1-3H3;1H. The van der Waals surface area contributed by atoms with Gasteiger partial charge in [0.15, 0.2) is 0 Å². The van der Waals surface area contributed by atoms with E-state index in [-0.39, 0.29) is 12.4 Å². The molecular weight excluding hydrogens is 236 g/mol. The van der Waals surface area contributed by atoms with E-state index in [0.717, 1.165) is 38.9 Å². The molecule has 0 aromatic rings. The number of carbonyl (C=O) groups is 1. The van der Waals surface area contributed by atoms with Gasteiger partial charge in [0, 0.05) is 25.6 Å². The van der Waals surface area contributed by atoms with E-state index in [9.17, 15) is 4.79 Å². The summed E-state index contributed by atoms with van der Waals surface area (Å²) in [6, 6.07) is 0.444. The topological polar surface area (TPSA) is 32.3 Å². The summed E-state index contributed by atoms with van der Waals surface area (Å²) < 4.78 is 0. The van der Waals surface area contributed by atoms with Crippen LogP contribution in [-0.2, 0) is 4.79 Å². The molecule has 1 saturated heterocycles. The van der Waals surface area contributed by atoms with Gasteiger partial charge in [0.2, 0.25) is 5.91 Å². The van der Waals surface area contributed by atoms with Gasteiger partial charge in [-0.3, -0.25) is 4.79 Å². The molecule has 102 valence electrons. The van der Waals surface area contributed by atoms with Crippen molar-refractivity contribution < 1.29 is 4.79 Å². The number of halogens is 1. The Balaban J connectivity index is 0.00000256. The maximum Gasteiger partial charge on any atom is 0.222 e. The predicted octanol–water partition coefficient (Wildman–Crippen LogP) is 2.44. The van der Waals surface area contributed by atoms with E-state index in [0.29, 0.717) is 24.3 Å². The average molecular weight is 263 g/mol. The van der Waals surface area contributed by atoms with Crippen LogP contribution in [0.5, 0.6) is 0 Å². The predicted molar refractivity (Wildman–Crippen MR) is 74.6 cm³/mol. The summed E-state index contributed by atoms with van der Waals surface area (Å²) in [6.45, 7) is 9.45. The van der Waals surface area contributed by atoms with Crippen LogP contribution in [0.25, 0.3) is 0 Å². The summed E-state index contributed by atoms with van der Waals surface area (Å²) in [5.74, 6) is 0.971. The molecule has 0 aliphatic carbocycles. The molecule has 1 heterocycles. The summed E-state index contributed by atoms with van der Waals surface area (Å²) in [5, 5.41) is 3.34. The first-order valence-corrected chi connectivity index (χ1v) is 6.65. The number of hydrogen-bond donors (Lipinski definition) is 1. The lowest BCUT2D eigenvalue weighted by molar-refractivity contribution is -0.133. The smallest absolute Gasteiger partial charge is 0.222 e. The van der Waals surface area contributed by atoms with Crippen molar-refractivity contribution in [1.82, 2.24) is 10.2 Å². The molecule has 0 bridgehead atoms. The molecule has 1 unspecified atom stereocenters. The molecule has 1 aliphatic heterocycles. The minimum Gasteiger partial charge on any atom is -0.338 e. The van der Waals surface area contributed by atoms with Crippen LogP contribution in [0, 0.1) is 5.92 Å². The van der Waals surface area contributed by atoms with Crippen LogP contribution in [0.3, 0.4) is 0 Å². The van der Waals surface area contributed by atoms with Crippen molar-refractivity contribution in [2.75, 3.05) is 19.6 Å². The molecule has 0 spiro atoms. The Bertz CT molecular complexity index is 215. The Morgan fingerprint density at radius 1 is 1.47 bits per heavy atom. The number of nitrogens with one attached hydrogen (secondary N) is 1. The van der Waals surface area contributed by atoms with Gasteiger partial charge in [-0.05, 0) is 31.7 Å². The van der Waals surface area contributed by atoms with Gasteiger partial charge in [-0.15, -0.1) is 12.4 Å². The largest absolute Gasteiger partial charge is 0.338 e. The van der Waals surface area contributed by atoms with Crippen LogP contribution in [0.1, 0.15) is 46.5 Å². The van der Waals surface area contributed by atoms with Crippen LogP contribution in [-0.4, -0.2) is 36.5 Å². The third kappa shape index (κ3) is 5.73. The van der Waals surface area contributed by atoms with Gasteiger partial charge in [-0.25, -0.2) is 0 Å². The zero-order chi connectivity index (χ0) is 12.0. The number of carbonyl (C=O) groups excluding carboxylic acids is 1. The van der Waals surface area contributed by atoms with Crippen LogP contribution in [0.4, 0.5) is 0 Å². The van der Waals surface area contributed by atoms with Crippen LogP contribution < -0.4 is 5.32 Å². The van der Waals surface area contributed by atoms with E-state index >= 15 is 0 Å². The monoisotopic (exact) mass is 262 g/mol. The van der Waals surface area contributed by atoms with Gasteiger partial charge < -0.3 is 10.2 Å². The summed E-state index contributed by atoms with van der Waals surface area (Å²) in [4.78, 5) is 14.2. The number of hydrogen-bond acceptors (Lipinski definition) is 2. The maximum absolute atomic E-state index is 12.1. The van der Waals surface area contributed by atoms with Gasteiger partial charge in [-0.2, -0.15) is 0 Å². The summed E-state index contributed by atoms with van der Waals surface area (Å²) in [7, 11) is 0. The van der Waals surface area contributed by atoms with Gasteiger partial charge in [0.1, 0.15) is 0 Å². The van der Waals surface area contributed by atoms with E-state index in [1.165, 1.54) is 0 Å². The first-order valence-electron chi connectivity index (χ1n) is 6.65. The zero-order valence-electron chi connectivity index (χ0n) is 11.4. The highest BCUT2D eigenvalue weighted by molar-refractivity contribution is 5.85. The zero-order valence-corrected chi connectivity index (χ0v) is 12.2. The lowest BCUT2D eigenvalue weighted by atomic mass is 10.1. The van der Waals surface area contributed by atoms with E-state index in [1.807, 2.05) is 0 Å². The van der Waals surface area contributed by atoms with Crippen LogP contribution >= 0.6 is 12.4 Å². The van der Waals surface area contributed by atoms with E-state index < -0.39 is 0 Å². The third-order valence-corrected chi connectivity index (χ3v) is 3.20. The molecule has 1 aliphatic rings. The second kappa shape index (κ2) is 8.76. The van der Waals surface area contributed by atoms with Gasteiger partial charge >= 0.3 is 0 Å². The Morgan fingerprint density at radius 3 is 2.65 bits per heavy atom. The van der Waals surface area contributed by atoms with Crippen molar-refractivity contribution in [3.05, 3.63) is 0 Å². The van der Waals surface area contributed by atoms with Crippen molar-refractivity contribution in [1.29, 1.82) is 0 Å². The van der Waals surface area contributed by atoms with Crippen LogP contribution in [0.2, 0.25) is 0 Å². The first kappa shape index (κ1) is 16.7. The molecule has 0 aromatic heterocycles. The molecule has 1 amide bonds. The average Bonchev–Trinajstić information content (AvgIpc) is 2.75. The highest BCUT2D eigenvalue weighted by Crippen LogP contribution is 2.13. The van der Waals surface area contributed by atoms with Crippen molar-refractivity contribution in [2.24, 2.45) is 5.92 Å². The number of rotatable bonds is 6. The fraction of sp³-hybridized carbons (Fsp3) is 0.923. The quantitative estimate of drug-likeness (QED) is 0.798. The van der Waals surface area contributed by atoms with Crippen LogP contribution in [0.15, 0.2) is 0 Å². The van der Waals surface area contributed by atoms with E-state index in [4.69, 9.17) is 0 Å². The van der Waals surface area contributed by atoms with Crippen molar-refractivity contribution >= 4 is 18.3 Å². The SMILES string of the molecule is CCCN(C(=O)CCC(C)C)C1CCNC1.Cl.